The number of ether oxygens (including phenoxy) is 1. The Morgan fingerprint density at radius 1 is 1.29 bits per heavy atom. The molecule has 0 aromatic carbocycles. The summed E-state index contributed by atoms with van der Waals surface area (Å²) in [7, 11) is 1.33. The van der Waals surface area contributed by atoms with E-state index < -0.39 is 48.0 Å². The van der Waals surface area contributed by atoms with E-state index in [0.29, 0.717) is 12.8 Å². The number of hydrogen-bond donors (Lipinski definition) is 3. The van der Waals surface area contributed by atoms with Crippen LogP contribution in [0.3, 0.4) is 0 Å². The SMILES string of the molecule is CNC(=O)NC(=O)[C@H](C)OC(=O)CN1C(=O)N[C@@]2(C[C@@H](C)CC(C)(C)C2)C1=O. The maximum atomic E-state index is 13.0. The molecular weight excluding hydrogens is 368 g/mol. The fraction of sp³-hybridized carbons (Fsp3) is 0.722. The second-order valence-electron chi connectivity index (χ2n) is 8.46. The number of urea groups is 2. The molecule has 1 aliphatic heterocycles. The number of rotatable bonds is 4. The zero-order valence-corrected chi connectivity index (χ0v) is 16.9. The highest BCUT2D eigenvalue weighted by Gasteiger charge is 2.56. The quantitative estimate of drug-likeness (QED) is 0.468. The first-order valence-electron chi connectivity index (χ1n) is 9.25. The van der Waals surface area contributed by atoms with Gasteiger partial charge in [-0.1, -0.05) is 20.8 Å². The van der Waals surface area contributed by atoms with Gasteiger partial charge in [-0.25, -0.2) is 9.59 Å². The van der Waals surface area contributed by atoms with Crippen molar-refractivity contribution in [2.45, 2.75) is 58.6 Å². The summed E-state index contributed by atoms with van der Waals surface area (Å²) in [6.45, 7) is 6.82. The van der Waals surface area contributed by atoms with Crippen LogP contribution in [-0.2, 0) is 19.1 Å². The highest BCUT2D eigenvalue weighted by Crippen LogP contribution is 2.46. The molecule has 10 heteroatoms. The fourth-order valence-electron chi connectivity index (χ4n) is 4.34. The predicted octanol–water partition coefficient (Wildman–Crippen LogP) is 0.510. The van der Waals surface area contributed by atoms with Crippen LogP contribution in [0, 0.1) is 11.3 Å². The van der Waals surface area contributed by atoms with Gasteiger partial charge in [-0.2, -0.15) is 0 Å². The lowest BCUT2D eigenvalue weighted by Gasteiger charge is -2.43. The zero-order chi connectivity index (χ0) is 21.3. The van der Waals surface area contributed by atoms with Crippen molar-refractivity contribution in [1.29, 1.82) is 0 Å². The van der Waals surface area contributed by atoms with Gasteiger partial charge >= 0.3 is 18.0 Å². The van der Waals surface area contributed by atoms with Gasteiger partial charge in [0.25, 0.3) is 11.8 Å². The number of carbonyl (C=O) groups is 5. The monoisotopic (exact) mass is 396 g/mol. The third-order valence-electron chi connectivity index (χ3n) is 5.05. The van der Waals surface area contributed by atoms with Crippen LogP contribution in [0.4, 0.5) is 9.59 Å². The highest BCUT2D eigenvalue weighted by atomic mass is 16.5. The van der Waals surface area contributed by atoms with E-state index in [1.165, 1.54) is 14.0 Å². The number of nitrogens with zero attached hydrogens (tertiary/aromatic N) is 1. The average Bonchev–Trinajstić information content (AvgIpc) is 2.76. The summed E-state index contributed by atoms with van der Waals surface area (Å²) in [5.41, 5.74) is -1.13. The molecule has 1 aliphatic carbocycles. The average molecular weight is 396 g/mol. The van der Waals surface area contributed by atoms with Gasteiger partial charge in [-0.3, -0.25) is 24.6 Å². The number of hydrogen-bond acceptors (Lipinski definition) is 6. The lowest BCUT2D eigenvalue weighted by atomic mass is 9.64. The van der Waals surface area contributed by atoms with Crippen LogP contribution in [0.1, 0.15) is 47.0 Å². The molecule has 2 aliphatic rings. The van der Waals surface area contributed by atoms with Crippen LogP contribution < -0.4 is 16.0 Å². The fourth-order valence-corrected chi connectivity index (χ4v) is 4.34. The molecule has 2 rings (SSSR count). The number of imide groups is 2. The highest BCUT2D eigenvalue weighted by molar-refractivity contribution is 6.09. The molecule has 10 nitrogen and oxygen atoms in total. The molecule has 1 spiro atoms. The van der Waals surface area contributed by atoms with Crippen molar-refractivity contribution in [2.24, 2.45) is 11.3 Å². The molecule has 0 unspecified atom stereocenters. The topological polar surface area (TPSA) is 134 Å². The number of esters is 1. The normalized spacial score (nSPS) is 27.2. The van der Waals surface area contributed by atoms with Gasteiger partial charge in [-0.05, 0) is 37.5 Å². The second kappa shape index (κ2) is 7.76. The summed E-state index contributed by atoms with van der Waals surface area (Å²) >= 11 is 0. The van der Waals surface area contributed by atoms with E-state index >= 15 is 0 Å². The Balaban J connectivity index is 2.01. The smallest absolute Gasteiger partial charge is 0.327 e. The first-order chi connectivity index (χ1) is 12.9. The molecular formula is C18H28N4O6. The first kappa shape index (κ1) is 21.6. The minimum atomic E-state index is -1.26. The van der Waals surface area contributed by atoms with E-state index in [1.54, 1.807) is 0 Å². The molecule has 0 bridgehead atoms. The van der Waals surface area contributed by atoms with Crippen molar-refractivity contribution in [2.75, 3.05) is 13.6 Å². The lowest BCUT2D eigenvalue weighted by molar-refractivity contribution is -0.156. The van der Waals surface area contributed by atoms with Gasteiger partial charge in [0.05, 0.1) is 0 Å². The van der Waals surface area contributed by atoms with Crippen molar-refractivity contribution < 1.29 is 28.7 Å². The maximum Gasteiger partial charge on any atom is 0.327 e. The third kappa shape index (κ3) is 4.60. The molecule has 1 saturated carbocycles. The van der Waals surface area contributed by atoms with Gasteiger partial charge in [0.2, 0.25) is 0 Å². The molecule has 0 radical (unpaired) electrons. The van der Waals surface area contributed by atoms with E-state index in [4.69, 9.17) is 4.74 Å². The number of nitrogens with one attached hydrogen (secondary N) is 3. The Morgan fingerprint density at radius 2 is 1.93 bits per heavy atom. The van der Waals surface area contributed by atoms with Crippen LogP contribution in [0.25, 0.3) is 0 Å². The summed E-state index contributed by atoms with van der Waals surface area (Å²) in [6.07, 6.45) is 0.689. The zero-order valence-electron chi connectivity index (χ0n) is 16.9. The molecule has 3 N–H and O–H groups in total. The molecule has 156 valence electrons. The molecule has 28 heavy (non-hydrogen) atoms. The molecule has 1 heterocycles. The van der Waals surface area contributed by atoms with Crippen LogP contribution >= 0.6 is 0 Å². The van der Waals surface area contributed by atoms with E-state index in [1.807, 2.05) is 26.1 Å². The van der Waals surface area contributed by atoms with E-state index in [9.17, 15) is 24.0 Å². The minimum absolute atomic E-state index is 0.121. The summed E-state index contributed by atoms with van der Waals surface area (Å²) in [6, 6.07) is -1.38. The largest absolute Gasteiger partial charge is 0.451 e. The summed E-state index contributed by atoms with van der Waals surface area (Å²) in [5.74, 6) is -1.93. The Labute approximate surface area is 163 Å². The molecule has 3 atom stereocenters. The Bertz CT molecular complexity index is 706. The maximum absolute atomic E-state index is 13.0. The van der Waals surface area contributed by atoms with Gasteiger partial charge in [0, 0.05) is 7.05 Å². The van der Waals surface area contributed by atoms with Crippen LogP contribution in [0.5, 0.6) is 0 Å². The van der Waals surface area contributed by atoms with E-state index in [0.717, 1.165) is 11.3 Å². The Morgan fingerprint density at radius 3 is 2.50 bits per heavy atom. The lowest BCUT2D eigenvalue weighted by Crippen LogP contribution is -2.54. The van der Waals surface area contributed by atoms with Crippen molar-refractivity contribution in [3.8, 4) is 0 Å². The van der Waals surface area contributed by atoms with Crippen LogP contribution in [-0.4, -0.2) is 60.0 Å². The van der Waals surface area contributed by atoms with Crippen molar-refractivity contribution >= 4 is 29.8 Å². The number of carbonyl (C=O) groups excluding carboxylic acids is 5. The van der Waals surface area contributed by atoms with Gasteiger partial charge < -0.3 is 15.4 Å². The summed E-state index contributed by atoms with van der Waals surface area (Å²) < 4.78 is 4.95. The van der Waals surface area contributed by atoms with Crippen LogP contribution in [0.15, 0.2) is 0 Å². The first-order valence-corrected chi connectivity index (χ1v) is 9.25. The minimum Gasteiger partial charge on any atom is -0.451 e. The third-order valence-corrected chi connectivity index (χ3v) is 5.05. The molecule has 2 fully saturated rings. The molecule has 1 saturated heterocycles. The number of amides is 6. The van der Waals surface area contributed by atoms with E-state index in [-0.39, 0.29) is 11.3 Å². The second-order valence-corrected chi connectivity index (χ2v) is 8.46. The van der Waals surface area contributed by atoms with E-state index in [2.05, 4.69) is 10.6 Å². The van der Waals surface area contributed by atoms with Crippen molar-refractivity contribution in [3.05, 3.63) is 0 Å². The predicted molar refractivity (Wildman–Crippen MR) is 97.9 cm³/mol. The molecule has 0 aromatic heterocycles. The van der Waals surface area contributed by atoms with Crippen molar-refractivity contribution in [3.63, 3.8) is 0 Å². The Kier molecular flexibility index (Phi) is 6.00. The summed E-state index contributed by atoms with van der Waals surface area (Å²) in [4.78, 5) is 61.2. The molecule has 0 aromatic rings. The van der Waals surface area contributed by atoms with Gasteiger partial charge in [-0.15, -0.1) is 0 Å². The standard InChI is InChI=1S/C18H28N4O6/c1-10-6-17(3,4)9-18(7-10)14(25)22(16(27)21-18)8-12(23)28-11(2)13(24)20-15(26)19-5/h10-11H,6-9H2,1-5H3,(H,21,27)(H2,19,20,24,26)/t10-,11-,18+/m0/s1. The van der Waals surface area contributed by atoms with Gasteiger partial charge in [0.15, 0.2) is 6.10 Å². The van der Waals surface area contributed by atoms with Crippen molar-refractivity contribution in [1.82, 2.24) is 20.9 Å². The van der Waals surface area contributed by atoms with Crippen LogP contribution in [0.2, 0.25) is 0 Å². The Hall–Kier alpha value is -2.65. The molecule has 6 amide bonds. The summed E-state index contributed by atoms with van der Waals surface area (Å²) in [5, 5.41) is 6.95. The van der Waals surface area contributed by atoms with Gasteiger partial charge in [0.1, 0.15) is 12.1 Å².